The lowest BCUT2D eigenvalue weighted by Gasteiger charge is -2.28. The van der Waals surface area contributed by atoms with E-state index in [1.807, 2.05) is 19.1 Å². The summed E-state index contributed by atoms with van der Waals surface area (Å²) in [5.74, 6) is 0.358. The van der Waals surface area contributed by atoms with E-state index >= 15 is 0 Å². The number of urea groups is 1. The van der Waals surface area contributed by atoms with Crippen LogP contribution in [0.3, 0.4) is 0 Å². The maximum Gasteiger partial charge on any atom is 0.319 e. The maximum absolute atomic E-state index is 12.1. The molecule has 1 heterocycles. The first-order valence-corrected chi connectivity index (χ1v) is 7.27. The lowest BCUT2D eigenvalue weighted by molar-refractivity contribution is 0.159. The second-order valence-electron chi connectivity index (χ2n) is 5.79. The molecule has 1 saturated carbocycles. The number of anilines is 1. The molecule has 7 nitrogen and oxygen atoms in total. The average molecular weight is 301 g/mol. The second kappa shape index (κ2) is 5.76. The molecular formula is C15H19N5O2. The van der Waals surface area contributed by atoms with Crippen molar-refractivity contribution in [2.75, 3.05) is 11.9 Å². The van der Waals surface area contributed by atoms with Gasteiger partial charge < -0.3 is 15.7 Å². The van der Waals surface area contributed by atoms with Crippen molar-refractivity contribution < 1.29 is 9.90 Å². The van der Waals surface area contributed by atoms with Gasteiger partial charge in [-0.1, -0.05) is 0 Å². The summed E-state index contributed by atoms with van der Waals surface area (Å²) in [7, 11) is 0. The number of carbonyl (C=O) groups excluding carboxylic acids is 1. The number of benzene rings is 1. The summed E-state index contributed by atoms with van der Waals surface area (Å²) in [6, 6.07) is 6.90. The highest BCUT2D eigenvalue weighted by Gasteiger charge is 2.42. The zero-order chi connectivity index (χ0) is 15.6. The van der Waals surface area contributed by atoms with E-state index in [1.54, 1.807) is 24.5 Å². The molecular weight excluding hydrogens is 282 g/mol. The highest BCUT2D eigenvalue weighted by atomic mass is 16.3. The number of nitrogens with zero attached hydrogens (tertiary/aromatic N) is 3. The van der Waals surface area contributed by atoms with Crippen molar-refractivity contribution in [3.05, 3.63) is 36.7 Å². The number of aliphatic hydroxyl groups excluding tert-OH is 1. The number of hydrogen-bond donors (Lipinski definition) is 3. The van der Waals surface area contributed by atoms with E-state index in [4.69, 9.17) is 0 Å². The van der Waals surface area contributed by atoms with E-state index in [0.717, 1.165) is 18.5 Å². The van der Waals surface area contributed by atoms with Crippen LogP contribution in [0.1, 0.15) is 19.8 Å². The number of aliphatic hydroxyl groups is 1. The van der Waals surface area contributed by atoms with Crippen LogP contribution >= 0.6 is 0 Å². The van der Waals surface area contributed by atoms with Crippen molar-refractivity contribution in [2.45, 2.75) is 25.3 Å². The molecule has 0 bridgehead atoms. The summed E-state index contributed by atoms with van der Waals surface area (Å²) in [5.41, 5.74) is 0.932. The van der Waals surface area contributed by atoms with Gasteiger partial charge >= 0.3 is 6.03 Å². The summed E-state index contributed by atoms with van der Waals surface area (Å²) in [4.78, 5) is 13.6. The Bertz CT molecular complexity index is 636. The molecule has 0 radical (unpaired) electrons. The SMILES string of the molecule is CC(CO)(NC(=O)Nc1ccc(-n2nccn2)cc1)C1CC1. The zero-order valence-electron chi connectivity index (χ0n) is 12.4. The van der Waals surface area contributed by atoms with Crippen LogP contribution in [0.4, 0.5) is 10.5 Å². The van der Waals surface area contributed by atoms with Crippen molar-refractivity contribution in [3.8, 4) is 5.69 Å². The van der Waals surface area contributed by atoms with E-state index in [1.165, 1.54) is 4.80 Å². The molecule has 1 aliphatic rings. The standard InChI is InChI=1S/C15H19N5O2/c1-15(10-21,11-2-3-11)19-14(22)18-12-4-6-13(7-5-12)20-16-8-9-17-20/h4-9,11,21H,2-3,10H2,1H3,(H2,18,19,22). The molecule has 7 heteroatoms. The smallest absolute Gasteiger partial charge is 0.319 e. The fourth-order valence-electron chi connectivity index (χ4n) is 2.44. The minimum Gasteiger partial charge on any atom is -0.394 e. The van der Waals surface area contributed by atoms with E-state index in [9.17, 15) is 9.90 Å². The number of nitrogens with one attached hydrogen (secondary N) is 2. The Morgan fingerprint density at radius 3 is 2.50 bits per heavy atom. The first-order chi connectivity index (χ1) is 10.6. The molecule has 0 spiro atoms. The van der Waals surface area contributed by atoms with Crippen LogP contribution in [0.25, 0.3) is 5.69 Å². The van der Waals surface area contributed by atoms with Crippen molar-refractivity contribution >= 4 is 11.7 Å². The van der Waals surface area contributed by atoms with Gasteiger partial charge in [-0.15, -0.1) is 0 Å². The van der Waals surface area contributed by atoms with Crippen LogP contribution in [0.2, 0.25) is 0 Å². The largest absolute Gasteiger partial charge is 0.394 e. The van der Waals surface area contributed by atoms with E-state index < -0.39 is 5.54 Å². The van der Waals surface area contributed by atoms with Gasteiger partial charge in [-0.3, -0.25) is 0 Å². The molecule has 1 fully saturated rings. The predicted molar refractivity (Wildman–Crippen MR) is 81.7 cm³/mol. The molecule has 116 valence electrons. The molecule has 1 aromatic heterocycles. The fraction of sp³-hybridized carbons (Fsp3) is 0.400. The van der Waals surface area contributed by atoms with E-state index in [-0.39, 0.29) is 12.6 Å². The summed E-state index contributed by atoms with van der Waals surface area (Å²) < 4.78 is 0. The lowest BCUT2D eigenvalue weighted by Crippen LogP contribution is -2.52. The van der Waals surface area contributed by atoms with Gasteiger partial charge in [0.25, 0.3) is 0 Å². The first kappa shape index (κ1) is 14.5. The fourth-order valence-corrected chi connectivity index (χ4v) is 2.44. The minimum atomic E-state index is -0.553. The topological polar surface area (TPSA) is 92.1 Å². The van der Waals surface area contributed by atoms with Gasteiger partial charge in [-0.05, 0) is 49.9 Å². The lowest BCUT2D eigenvalue weighted by atomic mass is 9.97. The Hall–Kier alpha value is -2.41. The normalized spacial score (nSPS) is 16.8. The Kier molecular flexibility index (Phi) is 3.81. The number of carbonyl (C=O) groups is 1. The number of aromatic nitrogens is 3. The number of hydrogen-bond acceptors (Lipinski definition) is 4. The third-order valence-corrected chi connectivity index (χ3v) is 3.98. The quantitative estimate of drug-likeness (QED) is 0.781. The molecule has 3 rings (SSSR count). The Morgan fingerprint density at radius 1 is 1.32 bits per heavy atom. The van der Waals surface area contributed by atoms with E-state index in [0.29, 0.717) is 11.6 Å². The van der Waals surface area contributed by atoms with Gasteiger partial charge in [-0.2, -0.15) is 15.0 Å². The summed E-state index contributed by atoms with van der Waals surface area (Å²) >= 11 is 0. The van der Waals surface area contributed by atoms with Crippen molar-refractivity contribution in [2.24, 2.45) is 5.92 Å². The molecule has 0 saturated heterocycles. The second-order valence-corrected chi connectivity index (χ2v) is 5.79. The highest BCUT2D eigenvalue weighted by Crippen LogP contribution is 2.39. The van der Waals surface area contributed by atoms with Gasteiger partial charge in [0.1, 0.15) is 0 Å². The van der Waals surface area contributed by atoms with E-state index in [2.05, 4.69) is 20.8 Å². The zero-order valence-corrected chi connectivity index (χ0v) is 12.4. The van der Waals surface area contributed by atoms with Crippen molar-refractivity contribution in [3.63, 3.8) is 0 Å². The molecule has 1 atom stereocenters. The van der Waals surface area contributed by atoms with Gasteiger partial charge in [-0.25, -0.2) is 4.79 Å². The summed E-state index contributed by atoms with van der Waals surface area (Å²) in [6.45, 7) is 1.81. The van der Waals surface area contributed by atoms with Crippen LogP contribution in [-0.4, -0.2) is 38.3 Å². The molecule has 3 N–H and O–H groups in total. The van der Waals surface area contributed by atoms with Crippen molar-refractivity contribution in [1.29, 1.82) is 0 Å². The van der Waals surface area contributed by atoms with Gasteiger partial charge in [0.05, 0.1) is 30.2 Å². The molecule has 0 aliphatic heterocycles. The first-order valence-electron chi connectivity index (χ1n) is 7.27. The monoisotopic (exact) mass is 301 g/mol. The Labute approximate surface area is 128 Å². The molecule has 22 heavy (non-hydrogen) atoms. The number of rotatable bonds is 5. The molecule has 1 aromatic carbocycles. The van der Waals surface area contributed by atoms with Crippen LogP contribution in [0, 0.1) is 5.92 Å². The van der Waals surface area contributed by atoms with Gasteiger partial charge in [0.15, 0.2) is 0 Å². The molecule has 1 unspecified atom stereocenters. The van der Waals surface area contributed by atoms with Crippen LogP contribution in [0.5, 0.6) is 0 Å². The van der Waals surface area contributed by atoms with Gasteiger partial charge in [0.2, 0.25) is 0 Å². The Balaban J connectivity index is 1.62. The maximum atomic E-state index is 12.1. The average Bonchev–Trinajstić information content (AvgIpc) is 3.24. The van der Waals surface area contributed by atoms with Crippen LogP contribution in [0.15, 0.2) is 36.7 Å². The predicted octanol–water partition coefficient (Wildman–Crippen LogP) is 1.55. The summed E-state index contributed by atoms with van der Waals surface area (Å²) in [5, 5.41) is 23.2. The third kappa shape index (κ3) is 3.09. The number of amides is 2. The molecule has 2 aromatic rings. The third-order valence-electron chi connectivity index (χ3n) is 3.98. The molecule has 1 aliphatic carbocycles. The van der Waals surface area contributed by atoms with Crippen LogP contribution < -0.4 is 10.6 Å². The Morgan fingerprint density at radius 2 is 1.95 bits per heavy atom. The van der Waals surface area contributed by atoms with Crippen molar-refractivity contribution in [1.82, 2.24) is 20.3 Å². The summed E-state index contributed by atoms with van der Waals surface area (Å²) in [6.07, 6.45) is 5.30. The van der Waals surface area contributed by atoms with Gasteiger partial charge in [0, 0.05) is 5.69 Å². The van der Waals surface area contributed by atoms with Crippen LogP contribution in [-0.2, 0) is 0 Å². The highest BCUT2D eigenvalue weighted by molar-refractivity contribution is 5.89. The minimum absolute atomic E-state index is 0.0605. The molecule has 2 amide bonds.